The second-order valence-electron chi connectivity index (χ2n) is 6.29. The van der Waals surface area contributed by atoms with Crippen LogP contribution in [0.2, 0.25) is 0 Å². The monoisotopic (exact) mass is 273 g/mol. The molecule has 1 aromatic rings. The van der Waals surface area contributed by atoms with Crippen LogP contribution in [0.3, 0.4) is 0 Å². The van der Waals surface area contributed by atoms with E-state index in [4.69, 9.17) is 0 Å². The largest absolute Gasteiger partial charge is 0.371 e. The fourth-order valence-electron chi connectivity index (χ4n) is 3.61. The molecule has 0 aromatic heterocycles. The molecule has 3 rings (SSSR count). The van der Waals surface area contributed by atoms with E-state index in [1.54, 1.807) is 0 Å². The van der Waals surface area contributed by atoms with E-state index in [1.807, 2.05) is 0 Å². The standard InChI is InChI=1S/C17H27N3/c1-19(14-15-6-5-11-18-15)16-9-12-20(13-10-16)17-7-3-2-4-8-17/h2-4,7-8,15-16,18H,5-6,9-14H2,1H3. The topological polar surface area (TPSA) is 18.5 Å². The van der Waals surface area contributed by atoms with Gasteiger partial charge in [0.25, 0.3) is 0 Å². The van der Waals surface area contributed by atoms with Gasteiger partial charge in [-0.05, 0) is 51.4 Å². The first-order chi connectivity index (χ1) is 9.83. The summed E-state index contributed by atoms with van der Waals surface area (Å²) in [7, 11) is 2.31. The van der Waals surface area contributed by atoms with Gasteiger partial charge in [-0.3, -0.25) is 0 Å². The predicted octanol–water partition coefficient (Wildman–Crippen LogP) is 2.34. The van der Waals surface area contributed by atoms with Gasteiger partial charge in [0.2, 0.25) is 0 Å². The van der Waals surface area contributed by atoms with Crippen molar-refractivity contribution in [2.45, 2.75) is 37.8 Å². The van der Waals surface area contributed by atoms with Gasteiger partial charge < -0.3 is 15.1 Å². The summed E-state index contributed by atoms with van der Waals surface area (Å²) >= 11 is 0. The van der Waals surface area contributed by atoms with Crippen LogP contribution >= 0.6 is 0 Å². The highest BCUT2D eigenvalue weighted by atomic mass is 15.2. The summed E-state index contributed by atoms with van der Waals surface area (Å²) < 4.78 is 0. The van der Waals surface area contributed by atoms with Gasteiger partial charge in [0.05, 0.1) is 0 Å². The van der Waals surface area contributed by atoms with Crippen molar-refractivity contribution >= 4 is 5.69 Å². The average Bonchev–Trinajstić information content (AvgIpc) is 3.01. The summed E-state index contributed by atoms with van der Waals surface area (Å²) in [5.74, 6) is 0. The zero-order chi connectivity index (χ0) is 13.8. The zero-order valence-electron chi connectivity index (χ0n) is 12.6. The van der Waals surface area contributed by atoms with E-state index < -0.39 is 0 Å². The summed E-state index contributed by atoms with van der Waals surface area (Å²) in [5.41, 5.74) is 1.38. The minimum Gasteiger partial charge on any atom is -0.371 e. The molecule has 20 heavy (non-hydrogen) atoms. The SMILES string of the molecule is CN(CC1CCCN1)C1CCN(c2ccccc2)CC1. The Labute approximate surface area is 123 Å². The molecule has 1 aromatic carbocycles. The third kappa shape index (κ3) is 3.33. The van der Waals surface area contributed by atoms with Gasteiger partial charge in [0, 0.05) is 37.4 Å². The molecule has 2 heterocycles. The molecule has 1 atom stereocenters. The lowest BCUT2D eigenvalue weighted by Gasteiger charge is -2.38. The molecule has 2 fully saturated rings. The molecular formula is C17H27N3. The number of anilines is 1. The van der Waals surface area contributed by atoms with Gasteiger partial charge >= 0.3 is 0 Å². The van der Waals surface area contributed by atoms with E-state index in [1.165, 1.54) is 57.5 Å². The van der Waals surface area contributed by atoms with Gasteiger partial charge in [-0.25, -0.2) is 0 Å². The van der Waals surface area contributed by atoms with Crippen LogP contribution in [0.15, 0.2) is 30.3 Å². The Morgan fingerprint density at radius 1 is 1.15 bits per heavy atom. The molecular weight excluding hydrogens is 246 g/mol. The van der Waals surface area contributed by atoms with Crippen LogP contribution in [0.25, 0.3) is 0 Å². The Bertz CT molecular complexity index is 392. The Morgan fingerprint density at radius 3 is 2.55 bits per heavy atom. The third-order valence-corrected chi connectivity index (χ3v) is 4.88. The molecule has 0 aliphatic carbocycles. The van der Waals surface area contributed by atoms with Gasteiger partial charge in [-0.15, -0.1) is 0 Å². The molecule has 2 saturated heterocycles. The molecule has 0 amide bonds. The van der Waals surface area contributed by atoms with E-state index in [0.717, 1.165) is 12.1 Å². The predicted molar refractivity (Wildman–Crippen MR) is 85.3 cm³/mol. The summed E-state index contributed by atoms with van der Waals surface area (Å²) in [6.07, 6.45) is 5.29. The Morgan fingerprint density at radius 2 is 1.90 bits per heavy atom. The van der Waals surface area contributed by atoms with Crippen LogP contribution in [0, 0.1) is 0 Å². The molecule has 0 radical (unpaired) electrons. The zero-order valence-corrected chi connectivity index (χ0v) is 12.6. The van der Waals surface area contributed by atoms with E-state index in [0.29, 0.717) is 0 Å². The lowest BCUT2D eigenvalue weighted by molar-refractivity contribution is 0.192. The Kier molecular flexibility index (Phi) is 4.58. The van der Waals surface area contributed by atoms with E-state index >= 15 is 0 Å². The smallest absolute Gasteiger partial charge is 0.0366 e. The number of nitrogens with zero attached hydrogens (tertiary/aromatic N) is 2. The summed E-state index contributed by atoms with van der Waals surface area (Å²) in [4.78, 5) is 5.11. The first-order valence-corrected chi connectivity index (χ1v) is 8.06. The third-order valence-electron chi connectivity index (χ3n) is 4.88. The van der Waals surface area contributed by atoms with Crippen LogP contribution in [-0.2, 0) is 0 Å². The van der Waals surface area contributed by atoms with Crippen LogP contribution < -0.4 is 10.2 Å². The molecule has 3 nitrogen and oxygen atoms in total. The fourth-order valence-corrected chi connectivity index (χ4v) is 3.61. The lowest BCUT2D eigenvalue weighted by Crippen LogP contribution is -2.47. The van der Waals surface area contributed by atoms with E-state index in [2.05, 4.69) is 52.5 Å². The minimum atomic E-state index is 0.729. The first-order valence-electron chi connectivity index (χ1n) is 8.06. The second kappa shape index (κ2) is 6.59. The molecule has 110 valence electrons. The average molecular weight is 273 g/mol. The van der Waals surface area contributed by atoms with Crippen molar-refractivity contribution in [1.82, 2.24) is 10.2 Å². The molecule has 1 unspecified atom stereocenters. The number of nitrogens with one attached hydrogen (secondary N) is 1. The van der Waals surface area contributed by atoms with Gasteiger partial charge in [-0.1, -0.05) is 18.2 Å². The van der Waals surface area contributed by atoms with Crippen molar-refractivity contribution in [1.29, 1.82) is 0 Å². The van der Waals surface area contributed by atoms with Crippen LogP contribution in [0.1, 0.15) is 25.7 Å². The first kappa shape index (κ1) is 13.9. The van der Waals surface area contributed by atoms with Crippen molar-refractivity contribution in [2.24, 2.45) is 0 Å². The molecule has 1 N–H and O–H groups in total. The van der Waals surface area contributed by atoms with Gasteiger partial charge in [0.15, 0.2) is 0 Å². The lowest BCUT2D eigenvalue weighted by atomic mass is 10.0. The minimum absolute atomic E-state index is 0.729. The summed E-state index contributed by atoms with van der Waals surface area (Å²) in [5, 5.41) is 3.61. The van der Waals surface area contributed by atoms with Crippen molar-refractivity contribution in [3.63, 3.8) is 0 Å². The van der Waals surface area contributed by atoms with Crippen LogP contribution in [0.4, 0.5) is 5.69 Å². The number of likely N-dealkylation sites (N-methyl/N-ethyl adjacent to an activating group) is 1. The van der Waals surface area contributed by atoms with Crippen molar-refractivity contribution in [2.75, 3.05) is 38.1 Å². The fraction of sp³-hybridized carbons (Fsp3) is 0.647. The quantitative estimate of drug-likeness (QED) is 0.908. The van der Waals surface area contributed by atoms with Gasteiger partial charge in [-0.2, -0.15) is 0 Å². The molecule has 2 aliphatic heterocycles. The molecule has 0 bridgehead atoms. The van der Waals surface area contributed by atoms with Crippen LogP contribution in [-0.4, -0.2) is 50.2 Å². The van der Waals surface area contributed by atoms with Crippen molar-refractivity contribution in [3.05, 3.63) is 30.3 Å². The highest BCUT2D eigenvalue weighted by Crippen LogP contribution is 2.22. The maximum absolute atomic E-state index is 3.61. The maximum atomic E-state index is 3.61. The Hall–Kier alpha value is -1.06. The molecule has 0 spiro atoms. The van der Waals surface area contributed by atoms with E-state index in [-0.39, 0.29) is 0 Å². The summed E-state index contributed by atoms with van der Waals surface area (Å²) in [6, 6.07) is 12.3. The Balaban J connectivity index is 1.48. The van der Waals surface area contributed by atoms with E-state index in [9.17, 15) is 0 Å². The maximum Gasteiger partial charge on any atom is 0.0366 e. The molecule has 2 aliphatic rings. The van der Waals surface area contributed by atoms with Crippen molar-refractivity contribution in [3.8, 4) is 0 Å². The van der Waals surface area contributed by atoms with Crippen LogP contribution in [0.5, 0.6) is 0 Å². The summed E-state index contributed by atoms with van der Waals surface area (Å²) in [6.45, 7) is 4.81. The number of piperidine rings is 1. The number of para-hydroxylation sites is 1. The number of benzene rings is 1. The highest BCUT2D eigenvalue weighted by molar-refractivity contribution is 5.46. The highest BCUT2D eigenvalue weighted by Gasteiger charge is 2.25. The number of hydrogen-bond donors (Lipinski definition) is 1. The molecule has 3 heteroatoms. The van der Waals surface area contributed by atoms with Crippen molar-refractivity contribution < 1.29 is 0 Å². The number of rotatable bonds is 4. The normalized spacial score (nSPS) is 24.5. The molecule has 0 saturated carbocycles. The number of hydrogen-bond acceptors (Lipinski definition) is 3. The van der Waals surface area contributed by atoms with Gasteiger partial charge in [0.1, 0.15) is 0 Å². The second-order valence-corrected chi connectivity index (χ2v) is 6.29.